The molecule has 1 heterocycles. The third-order valence-corrected chi connectivity index (χ3v) is 5.06. The Morgan fingerprint density at radius 2 is 1.92 bits per heavy atom. The van der Waals surface area contributed by atoms with E-state index >= 15 is 0 Å². The van der Waals surface area contributed by atoms with Crippen LogP contribution in [0.5, 0.6) is 5.75 Å². The van der Waals surface area contributed by atoms with Gasteiger partial charge in [0.25, 0.3) is 5.69 Å². The lowest BCUT2D eigenvalue weighted by Gasteiger charge is -2.24. The topological polar surface area (TPSA) is 91.3 Å². The molecule has 0 radical (unpaired) electrons. The molecule has 3 rings (SSSR count). The Morgan fingerprint density at radius 1 is 1.21 bits per heavy atom. The maximum Gasteiger partial charge on any atom is 0.295 e. The first-order valence-electron chi connectivity index (χ1n) is 7.96. The Kier molecular flexibility index (Phi) is 5.20. The highest BCUT2D eigenvalue weighted by Gasteiger charge is 2.22. The molecule has 2 N–H and O–H groups in total. The van der Waals surface area contributed by atoms with Crippen LogP contribution >= 0.6 is 11.8 Å². The van der Waals surface area contributed by atoms with Crippen molar-refractivity contribution in [2.24, 2.45) is 0 Å². The predicted octanol–water partition coefficient (Wildman–Crippen LogP) is 4.43. The Balaban J connectivity index is 1.92. The van der Waals surface area contributed by atoms with Gasteiger partial charge in [-0.3, -0.25) is 15.1 Å². The standard InChI is InChI=1S/C17H19N3O3S/c18-14-10-17(24-13-6-8-19-9-7-13)16(11-15(14)20(21)22)23-12-4-2-1-3-5-12/h6-12H,1-5,18H2. The fourth-order valence-corrected chi connectivity index (χ4v) is 3.70. The summed E-state index contributed by atoms with van der Waals surface area (Å²) in [4.78, 5) is 16.5. The Labute approximate surface area is 144 Å². The second-order valence-electron chi connectivity index (χ2n) is 5.78. The van der Waals surface area contributed by atoms with E-state index in [2.05, 4.69) is 4.98 Å². The zero-order chi connectivity index (χ0) is 16.9. The number of nitrogens with two attached hydrogens (primary N) is 1. The first-order valence-corrected chi connectivity index (χ1v) is 8.77. The van der Waals surface area contributed by atoms with E-state index in [-0.39, 0.29) is 17.5 Å². The van der Waals surface area contributed by atoms with Crippen LogP contribution in [-0.4, -0.2) is 16.0 Å². The average Bonchev–Trinajstić information content (AvgIpc) is 2.59. The van der Waals surface area contributed by atoms with Crippen LogP contribution in [-0.2, 0) is 0 Å². The van der Waals surface area contributed by atoms with Crippen molar-refractivity contribution in [1.82, 2.24) is 4.98 Å². The van der Waals surface area contributed by atoms with Crippen LogP contribution in [0.4, 0.5) is 11.4 Å². The second kappa shape index (κ2) is 7.53. The number of nitro benzene ring substituents is 1. The average molecular weight is 345 g/mol. The molecule has 24 heavy (non-hydrogen) atoms. The van der Waals surface area contributed by atoms with Gasteiger partial charge in [-0.05, 0) is 43.9 Å². The summed E-state index contributed by atoms with van der Waals surface area (Å²) in [5, 5.41) is 11.2. The molecule has 0 unspecified atom stereocenters. The van der Waals surface area contributed by atoms with Crippen LogP contribution in [0.1, 0.15) is 32.1 Å². The maximum absolute atomic E-state index is 11.2. The smallest absolute Gasteiger partial charge is 0.295 e. The van der Waals surface area contributed by atoms with Gasteiger partial charge in [0.2, 0.25) is 0 Å². The highest BCUT2D eigenvalue weighted by Crippen LogP contribution is 2.41. The van der Waals surface area contributed by atoms with Gasteiger partial charge in [-0.2, -0.15) is 0 Å². The van der Waals surface area contributed by atoms with Crippen molar-refractivity contribution in [2.45, 2.75) is 48.0 Å². The van der Waals surface area contributed by atoms with E-state index in [1.807, 2.05) is 12.1 Å². The van der Waals surface area contributed by atoms with Crippen molar-refractivity contribution in [1.29, 1.82) is 0 Å². The van der Waals surface area contributed by atoms with Gasteiger partial charge in [0.05, 0.1) is 22.0 Å². The van der Waals surface area contributed by atoms with E-state index in [0.29, 0.717) is 5.75 Å². The van der Waals surface area contributed by atoms with E-state index in [0.717, 1.165) is 35.5 Å². The largest absolute Gasteiger partial charge is 0.489 e. The quantitative estimate of drug-likeness (QED) is 0.489. The molecule has 0 aliphatic heterocycles. The third-order valence-electron chi connectivity index (χ3n) is 4.01. The lowest BCUT2D eigenvalue weighted by atomic mass is 9.98. The molecular formula is C17H19N3O3S. The summed E-state index contributed by atoms with van der Waals surface area (Å²) in [5.41, 5.74) is 5.89. The molecule has 0 atom stereocenters. The maximum atomic E-state index is 11.2. The monoisotopic (exact) mass is 345 g/mol. The molecule has 6 nitrogen and oxygen atoms in total. The fraction of sp³-hybridized carbons (Fsp3) is 0.353. The number of benzene rings is 1. The predicted molar refractivity (Wildman–Crippen MR) is 93.4 cm³/mol. The zero-order valence-electron chi connectivity index (χ0n) is 13.2. The van der Waals surface area contributed by atoms with Crippen LogP contribution in [0.2, 0.25) is 0 Å². The van der Waals surface area contributed by atoms with E-state index in [9.17, 15) is 10.1 Å². The lowest BCUT2D eigenvalue weighted by molar-refractivity contribution is -0.384. The van der Waals surface area contributed by atoms with E-state index in [1.54, 1.807) is 18.5 Å². The van der Waals surface area contributed by atoms with Gasteiger partial charge in [-0.15, -0.1) is 0 Å². The molecule has 1 aliphatic rings. The van der Waals surface area contributed by atoms with E-state index in [1.165, 1.54) is 24.2 Å². The lowest BCUT2D eigenvalue weighted by Crippen LogP contribution is -2.20. The molecule has 1 aliphatic carbocycles. The minimum absolute atomic E-state index is 0.110. The van der Waals surface area contributed by atoms with Crippen molar-refractivity contribution >= 4 is 23.1 Å². The van der Waals surface area contributed by atoms with Crippen molar-refractivity contribution in [3.8, 4) is 5.75 Å². The summed E-state index contributed by atoms with van der Waals surface area (Å²) in [6, 6.07) is 6.84. The summed E-state index contributed by atoms with van der Waals surface area (Å²) in [7, 11) is 0. The molecule has 0 amide bonds. The molecule has 1 aromatic carbocycles. The minimum Gasteiger partial charge on any atom is -0.489 e. The van der Waals surface area contributed by atoms with Crippen LogP contribution in [0.15, 0.2) is 46.5 Å². The summed E-state index contributed by atoms with van der Waals surface area (Å²) < 4.78 is 6.11. The van der Waals surface area contributed by atoms with Crippen molar-refractivity contribution < 1.29 is 9.66 Å². The molecule has 7 heteroatoms. The zero-order valence-corrected chi connectivity index (χ0v) is 14.0. The third kappa shape index (κ3) is 3.97. The number of nitrogens with zero attached hydrogens (tertiary/aromatic N) is 2. The van der Waals surface area contributed by atoms with Gasteiger partial charge < -0.3 is 10.5 Å². The normalized spacial score (nSPS) is 15.2. The second-order valence-corrected chi connectivity index (χ2v) is 6.89. The summed E-state index contributed by atoms with van der Waals surface area (Å²) in [6.07, 6.45) is 8.98. The number of ether oxygens (including phenoxy) is 1. The van der Waals surface area contributed by atoms with Crippen LogP contribution in [0.3, 0.4) is 0 Å². The Bertz CT molecular complexity index is 719. The first kappa shape index (κ1) is 16.6. The first-order chi connectivity index (χ1) is 11.6. The number of rotatable bonds is 5. The molecule has 2 aromatic rings. The number of hydrogen-bond acceptors (Lipinski definition) is 6. The van der Waals surface area contributed by atoms with Gasteiger partial charge in [0.1, 0.15) is 11.4 Å². The number of aromatic nitrogens is 1. The molecule has 1 aromatic heterocycles. The Morgan fingerprint density at radius 3 is 2.58 bits per heavy atom. The van der Waals surface area contributed by atoms with E-state index in [4.69, 9.17) is 10.5 Å². The minimum atomic E-state index is -0.468. The highest BCUT2D eigenvalue weighted by molar-refractivity contribution is 7.99. The molecule has 0 bridgehead atoms. The number of anilines is 1. The van der Waals surface area contributed by atoms with Crippen molar-refractivity contribution in [2.75, 3.05) is 5.73 Å². The number of nitrogen functional groups attached to an aromatic ring is 1. The fourth-order valence-electron chi connectivity index (χ4n) is 2.79. The summed E-state index contributed by atoms with van der Waals surface area (Å²) in [5.74, 6) is 0.532. The van der Waals surface area contributed by atoms with Gasteiger partial charge in [-0.25, -0.2) is 0 Å². The summed E-state index contributed by atoms with van der Waals surface area (Å²) in [6.45, 7) is 0. The number of nitro groups is 1. The summed E-state index contributed by atoms with van der Waals surface area (Å²) >= 11 is 1.47. The van der Waals surface area contributed by atoms with Gasteiger partial charge >= 0.3 is 0 Å². The van der Waals surface area contributed by atoms with Crippen LogP contribution < -0.4 is 10.5 Å². The van der Waals surface area contributed by atoms with Crippen LogP contribution in [0, 0.1) is 10.1 Å². The molecule has 1 saturated carbocycles. The van der Waals surface area contributed by atoms with Gasteiger partial charge in [-0.1, -0.05) is 18.2 Å². The Hall–Kier alpha value is -2.28. The van der Waals surface area contributed by atoms with Crippen molar-refractivity contribution in [3.05, 3.63) is 46.8 Å². The molecule has 126 valence electrons. The molecule has 0 saturated heterocycles. The highest BCUT2D eigenvalue weighted by atomic mass is 32.2. The SMILES string of the molecule is Nc1cc(Sc2ccncc2)c(OC2CCCCC2)cc1[N+](=O)[O-]. The molecule has 0 spiro atoms. The van der Waals surface area contributed by atoms with Gasteiger partial charge in [0, 0.05) is 17.3 Å². The van der Waals surface area contributed by atoms with E-state index < -0.39 is 4.92 Å². The van der Waals surface area contributed by atoms with Gasteiger partial charge in [0.15, 0.2) is 0 Å². The van der Waals surface area contributed by atoms with Crippen LogP contribution in [0.25, 0.3) is 0 Å². The van der Waals surface area contributed by atoms with Crippen molar-refractivity contribution in [3.63, 3.8) is 0 Å². The number of pyridine rings is 1. The number of hydrogen-bond donors (Lipinski definition) is 1. The molecular weight excluding hydrogens is 326 g/mol. The molecule has 1 fully saturated rings.